The van der Waals surface area contributed by atoms with Crippen LogP contribution >= 0.6 is 0 Å². The van der Waals surface area contributed by atoms with E-state index in [2.05, 4.69) is 0 Å². The summed E-state index contributed by atoms with van der Waals surface area (Å²) >= 11 is 0. The van der Waals surface area contributed by atoms with Gasteiger partial charge in [0.15, 0.2) is 11.5 Å². The minimum atomic E-state index is -3.77. The maximum absolute atomic E-state index is 13.3. The highest BCUT2D eigenvalue weighted by molar-refractivity contribution is 7.89. The summed E-state index contributed by atoms with van der Waals surface area (Å²) < 4.78 is 44.1. The van der Waals surface area contributed by atoms with Crippen molar-refractivity contribution in [3.8, 4) is 17.2 Å². The molecule has 0 aliphatic carbocycles. The summed E-state index contributed by atoms with van der Waals surface area (Å²) in [7, 11) is -0.816. The van der Waals surface area contributed by atoms with Gasteiger partial charge >= 0.3 is 0 Å². The van der Waals surface area contributed by atoms with Crippen LogP contribution in [0.1, 0.15) is 12.8 Å². The zero-order valence-corrected chi connectivity index (χ0v) is 18.4. The second-order valence-electron chi connectivity index (χ2n) is 7.53. The fourth-order valence-electron chi connectivity index (χ4n) is 4.11. The number of hydrogen-bond acceptors (Lipinski definition) is 6. The molecule has 166 valence electrons. The predicted molar refractivity (Wildman–Crippen MR) is 115 cm³/mol. The highest BCUT2D eigenvalue weighted by atomic mass is 32.2. The Labute approximate surface area is 182 Å². The Balaban J connectivity index is 1.55. The van der Waals surface area contributed by atoms with E-state index in [4.69, 9.17) is 14.2 Å². The SMILES string of the molecule is COc1ccc(S(=O)(=O)N2CCC[C@@H](C(=O)N3CCOc4ccccc43)C2)cc1OC. The first-order valence-corrected chi connectivity index (χ1v) is 11.6. The number of methoxy groups -OCH3 is 2. The molecule has 1 fully saturated rings. The zero-order valence-electron chi connectivity index (χ0n) is 17.6. The summed E-state index contributed by atoms with van der Waals surface area (Å²) in [6.07, 6.45) is 1.27. The number of benzene rings is 2. The number of para-hydroxylation sites is 2. The van der Waals surface area contributed by atoms with Crippen LogP contribution in [0.5, 0.6) is 17.2 Å². The van der Waals surface area contributed by atoms with Gasteiger partial charge in [-0.1, -0.05) is 12.1 Å². The molecule has 2 aromatic rings. The van der Waals surface area contributed by atoms with E-state index < -0.39 is 15.9 Å². The topological polar surface area (TPSA) is 85.4 Å². The Morgan fingerprint density at radius 1 is 1.06 bits per heavy atom. The Kier molecular flexibility index (Phi) is 6.06. The van der Waals surface area contributed by atoms with Crippen LogP contribution in [-0.2, 0) is 14.8 Å². The molecular weight excluding hydrogens is 420 g/mol. The number of hydrogen-bond donors (Lipinski definition) is 0. The summed E-state index contributed by atoms with van der Waals surface area (Å²) in [6, 6.07) is 11.9. The molecule has 2 aliphatic heterocycles. The third-order valence-electron chi connectivity index (χ3n) is 5.72. The van der Waals surface area contributed by atoms with E-state index in [1.807, 2.05) is 24.3 Å². The van der Waals surface area contributed by atoms with E-state index >= 15 is 0 Å². The van der Waals surface area contributed by atoms with Gasteiger partial charge in [-0.2, -0.15) is 4.31 Å². The first-order chi connectivity index (χ1) is 15.0. The summed E-state index contributed by atoms with van der Waals surface area (Å²) in [4.78, 5) is 15.2. The van der Waals surface area contributed by atoms with Crippen molar-refractivity contribution in [1.29, 1.82) is 0 Å². The third-order valence-corrected chi connectivity index (χ3v) is 7.58. The Hall–Kier alpha value is -2.78. The van der Waals surface area contributed by atoms with Gasteiger partial charge in [-0.3, -0.25) is 4.79 Å². The predicted octanol–water partition coefficient (Wildman–Crippen LogP) is 2.53. The quantitative estimate of drug-likeness (QED) is 0.702. The molecule has 1 amide bonds. The molecule has 0 saturated carbocycles. The van der Waals surface area contributed by atoms with Crippen molar-refractivity contribution >= 4 is 21.6 Å². The number of rotatable bonds is 5. The minimum absolute atomic E-state index is 0.0667. The van der Waals surface area contributed by atoms with Crippen molar-refractivity contribution in [3.05, 3.63) is 42.5 Å². The standard InChI is InChI=1S/C22H26N2O6S/c1-28-20-10-9-17(14-21(20)29-2)31(26,27)23-11-5-6-16(15-23)22(25)24-12-13-30-19-8-4-3-7-18(19)24/h3-4,7-10,14,16H,5-6,11-13,15H2,1-2H3/t16-/m1/s1. The molecular formula is C22H26N2O6S. The van der Waals surface area contributed by atoms with Crippen LogP contribution in [0.25, 0.3) is 0 Å². The van der Waals surface area contributed by atoms with E-state index in [-0.39, 0.29) is 17.3 Å². The molecule has 0 bridgehead atoms. The number of carbonyl (C=O) groups excluding carboxylic acids is 1. The summed E-state index contributed by atoms with van der Waals surface area (Å²) in [5.41, 5.74) is 0.735. The number of carbonyl (C=O) groups is 1. The molecule has 1 saturated heterocycles. The van der Waals surface area contributed by atoms with Crippen LogP contribution in [0, 0.1) is 5.92 Å². The van der Waals surface area contributed by atoms with Crippen molar-refractivity contribution < 1.29 is 27.4 Å². The lowest BCUT2D eigenvalue weighted by Gasteiger charge is -2.36. The van der Waals surface area contributed by atoms with Gasteiger partial charge in [0.05, 0.1) is 37.3 Å². The van der Waals surface area contributed by atoms with Crippen LogP contribution < -0.4 is 19.1 Å². The molecule has 2 aliphatic rings. The molecule has 0 spiro atoms. The lowest BCUT2D eigenvalue weighted by atomic mass is 9.97. The van der Waals surface area contributed by atoms with Crippen LogP contribution in [0.3, 0.4) is 0 Å². The molecule has 9 heteroatoms. The number of piperidine rings is 1. The summed E-state index contributed by atoms with van der Waals surface area (Å²) in [5, 5.41) is 0. The maximum Gasteiger partial charge on any atom is 0.243 e. The summed E-state index contributed by atoms with van der Waals surface area (Å²) in [6.45, 7) is 1.40. The molecule has 1 atom stereocenters. The molecule has 2 aromatic carbocycles. The fraction of sp³-hybridized carbons (Fsp3) is 0.409. The van der Waals surface area contributed by atoms with Crippen LogP contribution in [0.15, 0.2) is 47.4 Å². The number of amides is 1. The van der Waals surface area contributed by atoms with Crippen molar-refractivity contribution in [3.63, 3.8) is 0 Å². The van der Waals surface area contributed by atoms with Gasteiger partial charge in [0.25, 0.3) is 0 Å². The van der Waals surface area contributed by atoms with E-state index in [9.17, 15) is 13.2 Å². The Morgan fingerprint density at radius 3 is 2.61 bits per heavy atom. The van der Waals surface area contributed by atoms with E-state index in [1.54, 1.807) is 11.0 Å². The minimum Gasteiger partial charge on any atom is -0.493 e. The number of ether oxygens (including phenoxy) is 3. The number of fused-ring (bicyclic) bond motifs is 1. The number of anilines is 1. The third kappa shape index (κ3) is 4.07. The molecule has 0 N–H and O–H groups in total. The van der Waals surface area contributed by atoms with E-state index in [0.29, 0.717) is 49.8 Å². The molecule has 2 heterocycles. The van der Waals surface area contributed by atoms with Crippen molar-refractivity contribution in [1.82, 2.24) is 4.31 Å². The first-order valence-electron chi connectivity index (χ1n) is 10.2. The molecule has 0 unspecified atom stereocenters. The maximum atomic E-state index is 13.3. The van der Waals surface area contributed by atoms with Crippen molar-refractivity contribution in [2.24, 2.45) is 5.92 Å². The number of nitrogens with zero attached hydrogens (tertiary/aromatic N) is 2. The van der Waals surface area contributed by atoms with Gasteiger partial charge in [0.2, 0.25) is 15.9 Å². The average Bonchev–Trinajstić information content (AvgIpc) is 2.82. The van der Waals surface area contributed by atoms with Crippen LogP contribution in [0.2, 0.25) is 0 Å². The second-order valence-corrected chi connectivity index (χ2v) is 9.46. The van der Waals surface area contributed by atoms with Gasteiger partial charge in [-0.05, 0) is 37.1 Å². The number of sulfonamides is 1. The van der Waals surface area contributed by atoms with Gasteiger partial charge < -0.3 is 19.1 Å². The lowest BCUT2D eigenvalue weighted by Crippen LogP contribution is -2.48. The molecule has 4 rings (SSSR count). The second kappa shape index (κ2) is 8.76. The highest BCUT2D eigenvalue weighted by Crippen LogP contribution is 2.35. The molecule has 0 aromatic heterocycles. The Morgan fingerprint density at radius 2 is 1.84 bits per heavy atom. The zero-order chi connectivity index (χ0) is 22.0. The van der Waals surface area contributed by atoms with Crippen molar-refractivity contribution in [2.45, 2.75) is 17.7 Å². The molecule has 8 nitrogen and oxygen atoms in total. The van der Waals surface area contributed by atoms with Gasteiger partial charge in [0.1, 0.15) is 12.4 Å². The van der Waals surface area contributed by atoms with Gasteiger partial charge in [-0.15, -0.1) is 0 Å². The summed E-state index contributed by atoms with van der Waals surface area (Å²) in [5.74, 6) is 1.00. The van der Waals surface area contributed by atoms with E-state index in [1.165, 1.54) is 30.7 Å². The van der Waals surface area contributed by atoms with Crippen molar-refractivity contribution in [2.75, 3.05) is 45.4 Å². The van der Waals surface area contributed by atoms with Gasteiger partial charge in [0, 0.05) is 19.2 Å². The molecule has 0 radical (unpaired) electrons. The first kappa shape index (κ1) is 21.5. The smallest absolute Gasteiger partial charge is 0.243 e. The largest absolute Gasteiger partial charge is 0.493 e. The average molecular weight is 447 g/mol. The lowest BCUT2D eigenvalue weighted by molar-refractivity contribution is -0.123. The highest BCUT2D eigenvalue weighted by Gasteiger charge is 2.37. The van der Waals surface area contributed by atoms with Crippen LogP contribution in [-0.4, -0.2) is 59.1 Å². The molecule has 31 heavy (non-hydrogen) atoms. The fourth-order valence-corrected chi connectivity index (χ4v) is 5.65. The monoisotopic (exact) mass is 446 g/mol. The Bertz CT molecular complexity index is 1070. The van der Waals surface area contributed by atoms with Crippen LogP contribution in [0.4, 0.5) is 5.69 Å². The van der Waals surface area contributed by atoms with E-state index in [0.717, 1.165) is 5.69 Å². The van der Waals surface area contributed by atoms with Gasteiger partial charge in [-0.25, -0.2) is 8.42 Å². The normalized spacial score (nSPS) is 19.3.